The van der Waals surface area contributed by atoms with Crippen molar-refractivity contribution in [2.45, 2.75) is 0 Å². The van der Waals surface area contributed by atoms with E-state index in [0.29, 0.717) is 10.0 Å². The molecule has 0 radical (unpaired) electrons. The van der Waals surface area contributed by atoms with Gasteiger partial charge in [-0.25, -0.2) is 0 Å². The summed E-state index contributed by atoms with van der Waals surface area (Å²) in [5.41, 5.74) is 0.489. The summed E-state index contributed by atoms with van der Waals surface area (Å²) in [6, 6.07) is 22.4. The average molecular weight is 359 g/mol. The Balaban J connectivity index is 2.26. The van der Waals surface area contributed by atoms with Gasteiger partial charge in [0.15, 0.2) is 7.14 Å². The molecule has 0 N–H and O–H groups in total. The molecule has 0 spiro atoms. The van der Waals surface area contributed by atoms with Crippen molar-refractivity contribution in [2.75, 3.05) is 0 Å². The molecule has 3 rings (SSSR count). The average Bonchev–Trinajstić information content (AvgIpc) is 2.56. The van der Waals surface area contributed by atoms with Crippen LogP contribution in [-0.4, -0.2) is 10.2 Å². The summed E-state index contributed by atoms with van der Waals surface area (Å²) in [5.74, 6) is 0. The molecule has 3 nitrogen and oxygen atoms in total. The number of nitrogens with zero attached hydrogens (tertiary/aromatic N) is 2. The van der Waals surface area contributed by atoms with Crippen LogP contribution in [0.1, 0.15) is 0 Å². The smallest absolute Gasteiger partial charge is 0.190 e. The lowest BCUT2D eigenvalue weighted by molar-refractivity contribution is 0.591. The predicted molar refractivity (Wildman–Crippen MR) is 89.1 cm³/mol. The van der Waals surface area contributed by atoms with Gasteiger partial charge in [-0.1, -0.05) is 60.7 Å². The second-order valence-electron chi connectivity index (χ2n) is 4.49. The summed E-state index contributed by atoms with van der Waals surface area (Å²) in [5, 5.41) is 9.65. The first-order valence-corrected chi connectivity index (χ1v) is 8.92. The highest BCUT2D eigenvalue weighted by molar-refractivity contribution is 9.10. The minimum atomic E-state index is -2.99. The Labute approximate surface area is 131 Å². The molecule has 1 aromatic heterocycles. The topological polar surface area (TPSA) is 42.9 Å². The summed E-state index contributed by atoms with van der Waals surface area (Å²) in [6.07, 6.45) is 0. The highest BCUT2D eigenvalue weighted by Gasteiger charge is 2.31. The zero-order valence-electron chi connectivity index (χ0n) is 11.1. The van der Waals surface area contributed by atoms with Gasteiger partial charge in [-0.15, -0.1) is 10.2 Å². The second kappa shape index (κ2) is 5.92. The number of hydrogen-bond acceptors (Lipinski definition) is 3. The molecule has 0 aliphatic rings. The predicted octanol–water partition coefficient (Wildman–Crippen LogP) is 2.88. The van der Waals surface area contributed by atoms with Crippen molar-refractivity contribution < 1.29 is 4.57 Å². The van der Waals surface area contributed by atoms with Gasteiger partial charge in [0.25, 0.3) is 0 Å². The van der Waals surface area contributed by atoms with Crippen LogP contribution in [-0.2, 0) is 4.57 Å². The molecule has 0 saturated carbocycles. The molecule has 0 atom stereocenters. The Morgan fingerprint density at radius 1 is 0.714 bits per heavy atom. The molecule has 5 heteroatoms. The normalized spacial score (nSPS) is 11.3. The Hall–Kier alpha value is -1.77. The first-order chi connectivity index (χ1) is 10.2. The van der Waals surface area contributed by atoms with Crippen LogP contribution in [0.3, 0.4) is 0 Å². The standard InChI is InChI=1S/C16H12BrN2OP/c17-15-11-12-16(19-18-15)21(20,13-7-3-1-4-8-13)14-9-5-2-6-10-14/h1-12H. The van der Waals surface area contributed by atoms with Gasteiger partial charge in [0.05, 0.1) is 0 Å². The van der Waals surface area contributed by atoms with Crippen molar-refractivity contribution in [3.05, 3.63) is 77.4 Å². The Morgan fingerprint density at radius 3 is 1.67 bits per heavy atom. The number of hydrogen-bond donors (Lipinski definition) is 0. The van der Waals surface area contributed by atoms with Gasteiger partial charge in [0.2, 0.25) is 0 Å². The molecule has 1 heterocycles. The molecule has 2 aromatic carbocycles. The number of rotatable bonds is 3. The lowest BCUT2D eigenvalue weighted by Gasteiger charge is -2.18. The molecule has 3 aromatic rings. The molecular formula is C16H12BrN2OP. The Bertz CT molecular complexity index is 733. The third-order valence-corrected chi connectivity index (χ3v) is 6.54. The van der Waals surface area contributed by atoms with Crippen LogP contribution >= 0.6 is 23.1 Å². The zero-order valence-corrected chi connectivity index (χ0v) is 13.5. The number of halogens is 1. The Morgan fingerprint density at radius 2 is 1.24 bits per heavy atom. The molecule has 104 valence electrons. The molecule has 0 bridgehead atoms. The van der Waals surface area contributed by atoms with E-state index in [9.17, 15) is 4.57 Å². The molecule has 0 aliphatic heterocycles. The molecular weight excluding hydrogens is 347 g/mol. The third-order valence-electron chi connectivity index (χ3n) is 3.18. The molecule has 0 fully saturated rings. The molecule has 0 saturated heterocycles. The second-order valence-corrected chi connectivity index (χ2v) is 8.02. The quantitative estimate of drug-likeness (QED) is 0.676. The van der Waals surface area contributed by atoms with Crippen molar-refractivity contribution in [3.8, 4) is 0 Å². The Kier molecular flexibility index (Phi) is 4.00. The van der Waals surface area contributed by atoms with Gasteiger partial charge < -0.3 is 4.57 Å². The maximum Gasteiger partial charge on any atom is 0.190 e. The van der Waals surface area contributed by atoms with Crippen LogP contribution in [0.2, 0.25) is 0 Å². The van der Waals surface area contributed by atoms with Crippen LogP contribution in [0.25, 0.3) is 0 Å². The van der Waals surface area contributed by atoms with Crippen LogP contribution in [0.15, 0.2) is 77.4 Å². The van der Waals surface area contributed by atoms with Crippen molar-refractivity contribution in [2.24, 2.45) is 0 Å². The van der Waals surface area contributed by atoms with E-state index >= 15 is 0 Å². The molecule has 0 unspecified atom stereocenters. The molecule has 21 heavy (non-hydrogen) atoms. The van der Waals surface area contributed by atoms with Gasteiger partial charge in [0, 0.05) is 10.6 Å². The van der Waals surface area contributed by atoms with E-state index in [2.05, 4.69) is 26.1 Å². The van der Waals surface area contributed by atoms with E-state index in [1.54, 1.807) is 12.1 Å². The highest BCUT2D eigenvalue weighted by atomic mass is 79.9. The number of benzene rings is 2. The first-order valence-electron chi connectivity index (χ1n) is 6.42. The van der Waals surface area contributed by atoms with Crippen molar-refractivity contribution >= 4 is 39.1 Å². The van der Waals surface area contributed by atoms with E-state index in [-0.39, 0.29) is 0 Å². The van der Waals surface area contributed by atoms with Gasteiger partial charge in [-0.2, -0.15) is 0 Å². The van der Waals surface area contributed by atoms with Gasteiger partial charge in [-0.05, 0) is 28.1 Å². The first kappa shape index (κ1) is 14.2. The monoisotopic (exact) mass is 358 g/mol. The summed E-state index contributed by atoms with van der Waals surface area (Å²) < 4.78 is 14.4. The largest absolute Gasteiger partial charge is 0.307 e. The van der Waals surface area contributed by atoms with Crippen molar-refractivity contribution in [1.82, 2.24) is 10.2 Å². The van der Waals surface area contributed by atoms with Crippen LogP contribution < -0.4 is 16.0 Å². The van der Waals surface area contributed by atoms with Gasteiger partial charge in [0.1, 0.15) is 10.0 Å². The fraction of sp³-hybridized carbons (Fsp3) is 0. The van der Waals surface area contributed by atoms with E-state index in [4.69, 9.17) is 0 Å². The highest BCUT2D eigenvalue weighted by Crippen LogP contribution is 2.41. The summed E-state index contributed by atoms with van der Waals surface area (Å²) in [6.45, 7) is 0. The van der Waals surface area contributed by atoms with Gasteiger partial charge in [-0.3, -0.25) is 0 Å². The molecule has 0 aliphatic carbocycles. The van der Waals surface area contributed by atoms with E-state index in [1.807, 2.05) is 60.7 Å². The SMILES string of the molecule is O=P(c1ccccc1)(c1ccccc1)c1ccc(Br)nn1. The van der Waals surface area contributed by atoms with Crippen molar-refractivity contribution in [3.63, 3.8) is 0 Å². The van der Waals surface area contributed by atoms with E-state index < -0.39 is 7.14 Å². The minimum Gasteiger partial charge on any atom is -0.307 e. The fourth-order valence-corrected chi connectivity index (χ4v) is 4.84. The number of aromatic nitrogens is 2. The third kappa shape index (κ3) is 2.69. The van der Waals surface area contributed by atoms with E-state index in [0.717, 1.165) is 10.6 Å². The maximum absolute atomic E-state index is 13.8. The lowest BCUT2D eigenvalue weighted by atomic mass is 10.4. The minimum absolute atomic E-state index is 0.489. The van der Waals surface area contributed by atoms with Gasteiger partial charge >= 0.3 is 0 Å². The summed E-state index contributed by atoms with van der Waals surface area (Å²) in [7, 11) is -2.99. The fourth-order valence-electron chi connectivity index (χ4n) is 2.17. The van der Waals surface area contributed by atoms with E-state index in [1.165, 1.54) is 0 Å². The summed E-state index contributed by atoms with van der Waals surface area (Å²) >= 11 is 3.26. The van der Waals surface area contributed by atoms with Crippen LogP contribution in [0.5, 0.6) is 0 Å². The zero-order chi connectivity index (χ0) is 14.7. The van der Waals surface area contributed by atoms with Crippen LogP contribution in [0, 0.1) is 0 Å². The van der Waals surface area contributed by atoms with Crippen LogP contribution in [0.4, 0.5) is 0 Å². The summed E-state index contributed by atoms with van der Waals surface area (Å²) in [4.78, 5) is 0. The lowest BCUT2D eigenvalue weighted by Crippen LogP contribution is -2.27. The van der Waals surface area contributed by atoms with Crippen molar-refractivity contribution in [1.29, 1.82) is 0 Å². The molecule has 0 amide bonds. The maximum atomic E-state index is 13.8.